The molecular weight excluding hydrogens is 412 g/mol. The average molecular weight is 441 g/mol. The van der Waals surface area contributed by atoms with Crippen molar-refractivity contribution in [3.05, 3.63) is 47.4 Å². The van der Waals surface area contributed by atoms with E-state index in [1.165, 1.54) is 0 Å². The van der Waals surface area contributed by atoms with Crippen LogP contribution in [0.2, 0.25) is 0 Å². The second kappa shape index (κ2) is 7.98. The molecule has 7 nitrogen and oxygen atoms in total. The van der Waals surface area contributed by atoms with Crippen molar-refractivity contribution in [3.63, 3.8) is 0 Å². The van der Waals surface area contributed by atoms with Gasteiger partial charge in [-0.05, 0) is 57.1 Å². The van der Waals surface area contributed by atoms with Gasteiger partial charge in [-0.15, -0.1) is 0 Å². The van der Waals surface area contributed by atoms with Crippen molar-refractivity contribution in [1.29, 1.82) is 0 Å². The van der Waals surface area contributed by atoms with Gasteiger partial charge in [0.15, 0.2) is 0 Å². The number of aromatic nitrogens is 2. The molecular formula is C23H28N4O3S. The van der Waals surface area contributed by atoms with E-state index in [1.807, 2.05) is 17.9 Å². The van der Waals surface area contributed by atoms with Gasteiger partial charge in [-0.25, -0.2) is 18.4 Å². The van der Waals surface area contributed by atoms with Crippen LogP contribution in [0.25, 0.3) is 0 Å². The molecule has 3 aliphatic rings. The smallest absolute Gasteiger partial charge is 0.243 e. The average Bonchev–Trinajstić information content (AvgIpc) is 3.60. The van der Waals surface area contributed by atoms with Gasteiger partial charge in [-0.2, -0.15) is 4.31 Å². The van der Waals surface area contributed by atoms with E-state index in [0.717, 1.165) is 36.9 Å². The van der Waals surface area contributed by atoms with Crippen LogP contribution in [-0.4, -0.2) is 41.7 Å². The third kappa shape index (κ3) is 3.87. The van der Waals surface area contributed by atoms with E-state index in [4.69, 9.17) is 9.97 Å². The molecule has 5 rings (SSSR count). The van der Waals surface area contributed by atoms with Crippen LogP contribution >= 0.6 is 0 Å². The fourth-order valence-electron chi connectivity index (χ4n) is 4.68. The first-order chi connectivity index (χ1) is 14.9. The first kappa shape index (κ1) is 20.6. The Morgan fingerprint density at radius 2 is 1.81 bits per heavy atom. The van der Waals surface area contributed by atoms with Gasteiger partial charge in [0.2, 0.25) is 15.9 Å². The van der Waals surface area contributed by atoms with E-state index < -0.39 is 16.1 Å². The Morgan fingerprint density at radius 3 is 2.55 bits per heavy atom. The molecule has 8 heteroatoms. The fraction of sp³-hybridized carbons (Fsp3) is 0.522. The van der Waals surface area contributed by atoms with Crippen LogP contribution in [-0.2, 0) is 21.2 Å². The summed E-state index contributed by atoms with van der Waals surface area (Å²) in [6.07, 6.45) is 5.87. The van der Waals surface area contributed by atoms with Crippen LogP contribution in [0.15, 0.2) is 35.2 Å². The number of carbonyl (C=O) groups excluding carboxylic acids is 1. The molecule has 2 aromatic rings. The monoisotopic (exact) mass is 440 g/mol. The zero-order valence-electron chi connectivity index (χ0n) is 17.8. The molecule has 1 atom stereocenters. The van der Waals surface area contributed by atoms with Gasteiger partial charge in [-0.1, -0.05) is 24.6 Å². The normalized spacial score (nSPS) is 22.4. The second-order valence-electron chi connectivity index (χ2n) is 8.86. The minimum absolute atomic E-state index is 0.112. The van der Waals surface area contributed by atoms with Crippen LogP contribution in [0.4, 0.5) is 5.82 Å². The number of anilines is 1. The van der Waals surface area contributed by atoms with Gasteiger partial charge in [0.05, 0.1) is 10.9 Å². The third-order valence-electron chi connectivity index (χ3n) is 6.59. The van der Waals surface area contributed by atoms with Crippen LogP contribution in [0.3, 0.4) is 0 Å². The minimum Gasteiger partial charge on any atom is -0.296 e. The molecule has 1 aromatic heterocycles. The molecule has 1 saturated carbocycles. The van der Waals surface area contributed by atoms with E-state index in [2.05, 4.69) is 0 Å². The van der Waals surface area contributed by atoms with Crippen molar-refractivity contribution in [2.45, 2.75) is 62.8 Å². The third-order valence-corrected chi connectivity index (χ3v) is 8.52. The van der Waals surface area contributed by atoms with E-state index in [1.54, 1.807) is 28.6 Å². The molecule has 1 saturated heterocycles. The Balaban J connectivity index is 1.55. The van der Waals surface area contributed by atoms with Crippen molar-refractivity contribution in [1.82, 2.24) is 14.3 Å². The number of amides is 1. The number of piperidine rings is 1. The van der Waals surface area contributed by atoms with E-state index in [9.17, 15) is 13.2 Å². The lowest BCUT2D eigenvalue weighted by molar-refractivity contribution is -0.119. The Bertz CT molecular complexity index is 1100. The number of aryl methyl sites for hydroxylation is 1. The van der Waals surface area contributed by atoms with E-state index >= 15 is 0 Å². The molecule has 1 amide bonds. The topological polar surface area (TPSA) is 83.5 Å². The first-order valence-electron chi connectivity index (χ1n) is 11.2. The summed E-state index contributed by atoms with van der Waals surface area (Å²) in [6, 6.07) is 8.15. The summed E-state index contributed by atoms with van der Waals surface area (Å²) in [5.74, 6) is 1.89. The maximum Gasteiger partial charge on any atom is 0.243 e. The highest BCUT2D eigenvalue weighted by molar-refractivity contribution is 7.89. The summed E-state index contributed by atoms with van der Waals surface area (Å²) >= 11 is 0. The van der Waals surface area contributed by atoms with Crippen molar-refractivity contribution in [2.24, 2.45) is 5.92 Å². The van der Waals surface area contributed by atoms with Crippen molar-refractivity contribution in [2.75, 3.05) is 18.0 Å². The Kier molecular flexibility index (Phi) is 5.30. The molecule has 164 valence electrons. The number of rotatable bonds is 5. The molecule has 1 aromatic carbocycles. The summed E-state index contributed by atoms with van der Waals surface area (Å²) < 4.78 is 28.4. The van der Waals surface area contributed by atoms with E-state index in [0.29, 0.717) is 54.8 Å². The molecule has 0 radical (unpaired) electrons. The van der Waals surface area contributed by atoms with Gasteiger partial charge in [0.1, 0.15) is 11.6 Å². The lowest BCUT2D eigenvalue weighted by Crippen LogP contribution is -2.41. The van der Waals surface area contributed by atoms with Gasteiger partial charge < -0.3 is 0 Å². The predicted molar refractivity (Wildman–Crippen MR) is 117 cm³/mol. The molecule has 0 N–H and O–H groups in total. The SMILES string of the molecule is Cc1nc([C@@H]2CCCCN2S(=O)(=O)c2ccccc2)nc2c1CCC(=O)N2CC1CC1. The number of sulfonamides is 1. The number of hydrogen-bond donors (Lipinski definition) is 0. The molecule has 0 spiro atoms. The standard InChI is InChI=1S/C23H28N4O3S/c1-16-19-12-13-21(28)26(15-17-10-11-17)23(19)25-22(24-16)20-9-5-6-14-27(20)31(29,30)18-7-3-2-4-8-18/h2-4,7-8,17,20H,5-6,9-15H2,1H3/t20-/m0/s1. The summed E-state index contributed by atoms with van der Waals surface area (Å²) in [4.78, 5) is 24.4. The molecule has 0 bridgehead atoms. The predicted octanol–water partition coefficient (Wildman–Crippen LogP) is 3.39. The number of hydrogen-bond acceptors (Lipinski definition) is 5. The molecule has 31 heavy (non-hydrogen) atoms. The van der Waals surface area contributed by atoms with Crippen molar-refractivity contribution < 1.29 is 13.2 Å². The van der Waals surface area contributed by atoms with Gasteiger partial charge >= 0.3 is 0 Å². The van der Waals surface area contributed by atoms with Crippen LogP contribution in [0.1, 0.15) is 61.6 Å². The van der Waals surface area contributed by atoms with Gasteiger partial charge in [-0.3, -0.25) is 9.69 Å². The summed E-state index contributed by atoms with van der Waals surface area (Å²) in [5.41, 5.74) is 1.88. The maximum absolute atomic E-state index is 13.4. The van der Waals surface area contributed by atoms with Gasteiger partial charge in [0.25, 0.3) is 0 Å². The minimum atomic E-state index is -3.65. The molecule has 3 heterocycles. The molecule has 2 fully saturated rings. The largest absolute Gasteiger partial charge is 0.296 e. The summed E-state index contributed by atoms with van der Waals surface area (Å²) in [6.45, 7) is 3.11. The van der Waals surface area contributed by atoms with Crippen LogP contribution < -0.4 is 4.90 Å². The second-order valence-corrected chi connectivity index (χ2v) is 10.7. The summed E-state index contributed by atoms with van der Waals surface area (Å²) in [7, 11) is -3.65. The molecule has 1 aliphatic carbocycles. The summed E-state index contributed by atoms with van der Waals surface area (Å²) in [5, 5.41) is 0. The molecule has 0 unspecified atom stereocenters. The highest BCUT2D eigenvalue weighted by atomic mass is 32.2. The van der Waals surface area contributed by atoms with Crippen molar-refractivity contribution >= 4 is 21.7 Å². The number of nitrogens with zero attached hydrogens (tertiary/aromatic N) is 4. The number of carbonyl (C=O) groups is 1. The van der Waals surface area contributed by atoms with Crippen molar-refractivity contribution in [3.8, 4) is 0 Å². The Labute approximate surface area is 183 Å². The quantitative estimate of drug-likeness (QED) is 0.712. The zero-order valence-corrected chi connectivity index (χ0v) is 18.6. The Hall–Kier alpha value is -2.32. The lowest BCUT2D eigenvalue weighted by atomic mass is 10.0. The highest BCUT2D eigenvalue weighted by Crippen LogP contribution is 2.38. The molecule has 2 aliphatic heterocycles. The number of benzene rings is 1. The maximum atomic E-state index is 13.4. The lowest BCUT2D eigenvalue weighted by Gasteiger charge is -2.35. The highest BCUT2D eigenvalue weighted by Gasteiger charge is 2.38. The first-order valence-corrected chi connectivity index (χ1v) is 12.6. The number of fused-ring (bicyclic) bond motifs is 1. The van der Waals surface area contributed by atoms with Crippen LogP contribution in [0, 0.1) is 12.8 Å². The van der Waals surface area contributed by atoms with Crippen LogP contribution in [0.5, 0.6) is 0 Å². The fourth-order valence-corrected chi connectivity index (χ4v) is 6.35. The zero-order chi connectivity index (χ0) is 21.6. The van der Waals surface area contributed by atoms with E-state index in [-0.39, 0.29) is 5.91 Å². The Morgan fingerprint density at radius 1 is 1.03 bits per heavy atom. The van der Waals surface area contributed by atoms with Gasteiger partial charge in [0, 0.05) is 30.8 Å².